The molecule has 0 unspecified atom stereocenters. The second-order valence-electron chi connectivity index (χ2n) is 3.25. The highest BCUT2D eigenvalue weighted by atomic mass is 16.3. The van der Waals surface area contributed by atoms with Gasteiger partial charge in [0.15, 0.2) is 0 Å². The molecule has 0 radical (unpaired) electrons. The summed E-state index contributed by atoms with van der Waals surface area (Å²) in [4.78, 5) is 10.3. The summed E-state index contributed by atoms with van der Waals surface area (Å²) in [6, 6.07) is 2.79. The molecule has 15 heavy (non-hydrogen) atoms. The molecule has 0 atom stereocenters. The van der Waals surface area contributed by atoms with E-state index in [9.17, 15) is 9.90 Å². The number of primary amides is 1. The van der Waals surface area contributed by atoms with Gasteiger partial charge in [-0.3, -0.25) is 0 Å². The minimum Gasteiger partial charge on any atom is -0.507 e. The van der Waals surface area contributed by atoms with Crippen LogP contribution in [0.2, 0.25) is 0 Å². The van der Waals surface area contributed by atoms with Crippen molar-refractivity contribution in [2.45, 2.75) is 13.8 Å². The molecule has 0 aromatic heterocycles. The first-order chi connectivity index (χ1) is 7.00. The molecule has 80 valence electrons. The van der Waals surface area contributed by atoms with Gasteiger partial charge in [0.1, 0.15) is 5.75 Å². The van der Waals surface area contributed by atoms with Crippen molar-refractivity contribution in [1.82, 2.24) is 5.43 Å². The third-order valence-corrected chi connectivity index (χ3v) is 1.88. The fourth-order valence-corrected chi connectivity index (χ4v) is 1.28. The molecule has 0 aliphatic rings. The largest absolute Gasteiger partial charge is 0.507 e. The maximum Gasteiger partial charge on any atom is 0.332 e. The van der Waals surface area contributed by atoms with E-state index in [-0.39, 0.29) is 5.75 Å². The number of hydrogen-bond donors (Lipinski definition) is 3. The molecule has 0 heterocycles. The van der Waals surface area contributed by atoms with Crippen molar-refractivity contribution in [1.29, 1.82) is 0 Å². The number of aromatic hydroxyl groups is 1. The summed E-state index contributed by atoms with van der Waals surface area (Å²) in [7, 11) is 0. The number of nitrogens with two attached hydrogens (primary N) is 1. The lowest BCUT2D eigenvalue weighted by Crippen LogP contribution is -2.24. The topological polar surface area (TPSA) is 87.7 Å². The van der Waals surface area contributed by atoms with Gasteiger partial charge in [-0.05, 0) is 31.0 Å². The predicted molar refractivity (Wildman–Crippen MR) is 57.9 cm³/mol. The van der Waals surface area contributed by atoms with Crippen LogP contribution in [-0.2, 0) is 0 Å². The quantitative estimate of drug-likeness (QED) is 0.499. The van der Waals surface area contributed by atoms with Crippen LogP contribution in [0.15, 0.2) is 17.2 Å². The predicted octanol–water partition coefficient (Wildman–Crippen LogP) is 1.01. The Labute approximate surface area is 87.6 Å². The summed E-state index contributed by atoms with van der Waals surface area (Å²) >= 11 is 0. The average molecular weight is 207 g/mol. The Hall–Kier alpha value is -2.04. The number of hydrogen-bond acceptors (Lipinski definition) is 3. The Morgan fingerprint density at radius 2 is 2.20 bits per heavy atom. The molecule has 5 heteroatoms. The summed E-state index contributed by atoms with van der Waals surface area (Å²) in [5.74, 6) is 0.127. The molecular weight excluding hydrogens is 194 g/mol. The number of rotatable bonds is 2. The fraction of sp³-hybridized carbons (Fsp3) is 0.200. The average Bonchev–Trinajstić information content (AvgIpc) is 2.08. The van der Waals surface area contributed by atoms with Crippen molar-refractivity contribution in [3.05, 3.63) is 28.8 Å². The van der Waals surface area contributed by atoms with Gasteiger partial charge in [-0.25, -0.2) is 10.2 Å². The molecule has 0 saturated carbocycles. The smallest absolute Gasteiger partial charge is 0.332 e. The highest BCUT2D eigenvalue weighted by Gasteiger charge is 2.03. The van der Waals surface area contributed by atoms with E-state index < -0.39 is 6.03 Å². The van der Waals surface area contributed by atoms with Crippen LogP contribution in [0, 0.1) is 13.8 Å². The zero-order valence-corrected chi connectivity index (χ0v) is 8.61. The molecule has 5 nitrogen and oxygen atoms in total. The van der Waals surface area contributed by atoms with Crippen LogP contribution in [0.3, 0.4) is 0 Å². The first-order valence-electron chi connectivity index (χ1n) is 4.39. The van der Waals surface area contributed by atoms with Crippen LogP contribution in [0.25, 0.3) is 0 Å². The first-order valence-corrected chi connectivity index (χ1v) is 4.39. The number of nitrogens with zero attached hydrogens (tertiary/aromatic N) is 1. The van der Waals surface area contributed by atoms with Gasteiger partial charge in [-0.1, -0.05) is 6.07 Å². The molecule has 0 fully saturated rings. The molecule has 0 aliphatic heterocycles. The third-order valence-electron chi connectivity index (χ3n) is 1.88. The SMILES string of the molecule is Cc1cc(C)c(C=NNC(N)=O)c(O)c1. The second-order valence-corrected chi connectivity index (χ2v) is 3.25. The van der Waals surface area contributed by atoms with Gasteiger partial charge >= 0.3 is 6.03 Å². The highest BCUT2D eigenvalue weighted by molar-refractivity contribution is 5.86. The normalized spacial score (nSPS) is 10.5. The monoisotopic (exact) mass is 207 g/mol. The van der Waals surface area contributed by atoms with Gasteiger partial charge in [0.25, 0.3) is 0 Å². The number of nitrogens with one attached hydrogen (secondary N) is 1. The van der Waals surface area contributed by atoms with Crippen LogP contribution in [0.4, 0.5) is 4.79 Å². The summed E-state index contributed by atoms with van der Waals surface area (Å²) in [5, 5.41) is 13.2. The first kappa shape index (κ1) is 11.0. The summed E-state index contributed by atoms with van der Waals surface area (Å²) < 4.78 is 0. The molecule has 0 bridgehead atoms. The Morgan fingerprint density at radius 1 is 1.53 bits per heavy atom. The molecule has 1 aromatic rings. The van der Waals surface area contributed by atoms with Gasteiger partial charge in [0, 0.05) is 5.56 Å². The van der Waals surface area contributed by atoms with E-state index in [0.29, 0.717) is 5.56 Å². The van der Waals surface area contributed by atoms with Gasteiger partial charge in [-0.2, -0.15) is 5.10 Å². The number of phenols is 1. The van der Waals surface area contributed by atoms with E-state index in [4.69, 9.17) is 5.73 Å². The molecular formula is C10H13N3O2. The van der Waals surface area contributed by atoms with Crippen molar-refractivity contribution >= 4 is 12.2 Å². The van der Waals surface area contributed by atoms with Crippen molar-refractivity contribution in [2.24, 2.45) is 10.8 Å². The third kappa shape index (κ3) is 2.98. The van der Waals surface area contributed by atoms with Crippen LogP contribution in [-0.4, -0.2) is 17.4 Å². The lowest BCUT2D eigenvalue weighted by Gasteiger charge is -2.04. The standard InChI is InChI=1S/C10H13N3O2/c1-6-3-7(2)8(9(14)4-6)5-12-13-10(11)15/h3-5,14H,1-2H3,(H3,11,13,15). The van der Waals surface area contributed by atoms with Crippen LogP contribution >= 0.6 is 0 Å². The van der Waals surface area contributed by atoms with E-state index in [1.807, 2.05) is 19.9 Å². The van der Waals surface area contributed by atoms with Gasteiger partial charge in [0.2, 0.25) is 0 Å². The Morgan fingerprint density at radius 3 is 2.73 bits per heavy atom. The molecule has 0 aliphatic carbocycles. The Balaban J connectivity index is 2.94. The summed E-state index contributed by atoms with van der Waals surface area (Å²) in [6.07, 6.45) is 1.36. The molecule has 1 aromatic carbocycles. The zero-order chi connectivity index (χ0) is 11.4. The number of phenolic OH excluding ortho intramolecular Hbond substituents is 1. The number of urea groups is 1. The van der Waals surface area contributed by atoms with Crippen molar-refractivity contribution in [3.8, 4) is 5.75 Å². The maximum absolute atomic E-state index is 10.3. The maximum atomic E-state index is 10.3. The molecule has 0 spiro atoms. The van der Waals surface area contributed by atoms with Crippen molar-refractivity contribution in [3.63, 3.8) is 0 Å². The van der Waals surface area contributed by atoms with Gasteiger partial charge in [-0.15, -0.1) is 0 Å². The Bertz CT molecular complexity index is 390. The van der Waals surface area contributed by atoms with E-state index in [0.717, 1.165) is 11.1 Å². The van der Waals surface area contributed by atoms with Gasteiger partial charge in [0.05, 0.1) is 6.21 Å². The number of carbonyl (C=O) groups is 1. The van der Waals surface area contributed by atoms with E-state index >= 15 is 0 Å². The van der Waals surface area contributed by atoms with Gasteiger partial charge < -0.3 is 10.8 Å². The fourth-order valence-electron chi connectivity index (χ4n) is 1.28. The number of benzene rings is 1. The zero-order valence-electron chi connectivity index (χ0n) is 8.61. The molecule has 1 rings (SSSR count). The van der Waals surface area contributed by atoms with E-state index in [2.05, 4.69) is 10.5 Å². The second kappa shape index (κ2) is 4.45. The number of aryl methyl sites for hydroxylation is 2. The van der Waals surface area contributed by atoms with E-state index in [1.165, 1.54) is 6.21 Å². The summed E-state index contributed by atoms with van der Waals surface area (Å²) in [5.41, 5.74) is 9.30. The number of carbonyl (C=O) groups excluding carboxylic acids is 1. The van der Waals surface area contributed by atoms with Crippen LogP contribution in [0.5, 0.6) is 5.75 Å². The summed E-state index contributed by atoms with van der Waals surface area (Å²) in [6.45, 7) is 3.73. The van der Waals surface area contributed by atoms with E-state index in [1.54, 1.807) is 6.07 Å². The Kier molecular flexibility index (Phi) is 3.28. The minimum atomic E-state index is -0.740. The van der Waals surface area contributed by atoms with Crippen molar-refractivity contribution in [2.75, 3.05) is 0 Å². The molecule has 4 N–H and O–H groups in total. The lowest BCUT2D eigenvalue weighted by atomic mass is 10.1. The number of hydrazone groups is 1. The molecule has 2 amide bonds. The van der Waals surface area contributed by atoms with Crippen LogP contribution < -0.4 is 11.2 Å². The highest BCUT2D eigenvalue weighted by Crippen LogP contribution is 2.20. The number of amides is 2. The lowest BCUT2D eigenvalue weighted by molar-refractivity contribution is 0.249. The minimum absolute atomic E-state index is 0.127. The van der Waals surface area contributed by atoms with Crippen LogP contribution in [0.1, 0.15) is 16.7 Å². The van der Waals surface area contributed by atoms with Crippen molar-refractivity contribution < 1.29 is 9.90 Å². The molecule has 0 saturated heterocycles.